The first-order valence-corrected chi connectivity index (χ1v) is 5.34. The van der Waals surface area contributed by atoms with Crippen molar-refractivity contribution in [2.45, 2.75) is 52.4 Å². The summed E-state index contributed by atoms with van der Waals surface area (Å²) >= 11 is 0. The number of unbranched alkanes of at least 4 members (excludes halogenated alkanes) is 2. The van der Waals surface area contributed by atoms with Gasteiger partial charge in [-0.15, -0.1) is 0 Å². The minimum atomic E-state index is 0.550. The second-order valence-electron chi connectivity index (χ2n) is 3.26. The first-order chi connectivity index (χ1) is 6.31. The fourth-order valence-electron chi connectivity index (χ4n) is 1.09. The minimum Gasteiger partial charge on any atom is -0.513 e. The van der Waals surface area contributed by atoms with Gasteiger partial charge in [-0.2, -0.15) is 0 Å². The zero-order valence-electron chi connectivity index (χ0n) is 8.92. The summed E-state index contributed by atoms with van der Waals surface area (Å²) in [4.78, 5) is 0. The Morgan fingerprint density at radius 3 is 2.54 bits per heavy atom. The zero-order chi connectivity index (χ0) is 9.94. The van der Waals surface area contributed by atoms with E-state index in [0.717, 1.165) is 25.7 Å². The molecule has 13 heavy (non-hydrogen) atoms. The average molecular weight is 182 g/mol. The van der Waals surface area contributed by atoms with Crippen LogP contribution in [0.3, 0.4) is 0 Å². The number of hydrogen-bond acceptors (Lipinski definition) is 1. The Bertz CT molecular complexity index is 157. The van der Waals surface area contributed by atoms with Crippen LogP contribution >= 0.6 is 0 Å². The maximum Gasteiger partial charge on any atom is 0.0885 e. The molecule has 0 rings (SSSR count). The lowest BCUT2D eigenvalue weighted by molar-refractivity contribution is 0.386. The van der Waals surface area contributed by atoms with E-state index >= 15 is 0 Å². The lowest BCUT2D eigenvalue weighted by Crippen LogP contribution is -1.80. The van der Waals surface area contributed by atoms with Crippen molar-refractivity contribution < 1.29 is 5.11 Å². The molecule has 0 fully saturated rings. The molecular formula is C12H22O. The third-order valence-corrected chi connectivity index (χ3v) is 1.91. The van der Waals surface area contributed by atoms with Gasteiger partial charge in [0.2, 0.25) is 0 Å². The highest BCUT2D eigenvalue weighted by molar-refractivity contribution is 4.93. The van der Waals surface area contributed by atoms with E-state index in [1.54, 1.807) is 0 Å². The predicted molar refractivity (Wildman–Crippen MR) is 58.9 cm³/mol. The van der Waals surface area contributed by atoms with Crippen LogP contribution in [0.1, 0.15) is 52.4 Å². The maximum absolute atomic E-state index is 9.40. The van der Waals surface area contributed by atoms with E-state index in [2.05, 4.69) is 26.0 Å². The van der Waals surface area contributed by atoms with Crippen LogP contribution < -0.4 is 0 Å². The Labute approximate surface area is 82.2 Å². The van der Waals surface area contributed by atoms with E-state index in [1.807, 2.05) is 6.08 Å². The van der Waals surface area contributed by atoms with Crippen molar-refractivity contribution in [2.75, 3.05) is 0 Å². The molecule has 1 nitrogen and oxygen atoms in total. The Morgan fingerprint density at radius 2 is 1.92 bits per heavy atom. The maximum atomic E-state index is 9.40. The van der Waals surface area contributed by atoms with Crippen molar-refractivity contribution in [3.05, 3.63) is 24.0 Å². The molecule has 1 heteroatoms. The fourth-order valence-corrected chi connectivity index (χ4v) is 1.09. The summed E-state index contributed by atoms with van der Waals surface area (Å²) in [6, 6.07) is 0. The fraction of sp³-hybridized carbons (Fsp3) is 0.667. The molecule has 76 valence electrons. The molecule has 0 spiro atoms. The van der Waals surface area contributed by atoms with Gasteiger partial charge in [-0.1, -0.05) is 32.4 Å². The summed E-state index contributed by atoms with van der Waals surface area (Å²) in [6.45, 7) is 4.28. The van der Waals surface area contributed by atoms with E-state index in [9.17, 15) is 5.11 Å². The summed E-state index contributed by atoms with van der Waals surface area (Å²) in [5.41, 5.74) is 0. The monoisotopic (exact) mass is 182 g/mol. The number of aliphatic hydroxyl groups is 1. The van der Waals surface area contributed by atoms with Crippen molar-refractivity contribution in [3.8, 4) is 0 Å². The van der Waals surface area contributed by atoms with E-state index < -0.39 is 0 Å². The molecule has 0 bridgehead atoms. The van der Waals surface area contributed by atoms with E-state index in [-0.39, 0.29) is 0 Å². The Morgan fingerprint density at radius 1 is 1.15 bits per heavy atom. The van der Waals surface area contributed by atoms with Gasteiger partial charge >= 0.3 is 0 Å². The van der Waals surface area contributed by atoms with Gasteiger partial charge in [0.05, 0.1) is 5.76 Å². The molecule has 0 saturated heterocycles. The van der Waals surface area contributed by atoms with Crippen LogP contribution in [0.5, 0.6) is 0 Å². The third-order valence-electron chi connectivity index (χ3n) is 1.91. The summed E-state index contributed by atoms with van der Waals surface area (Å²) < 4.78 is 0. The van der Waals surface area contributed by atoms with Crippen LogP contribution in [0.15, 0.2) is 24.0 Å². The molecule has 0 aliphatic rings. The molecule has 0 aliphatic carbocycles. The molecule has 0 amide bonds. The van der Waals surface area contributed by atoms with Gasteiger partial charge in [0.1, 0.15) is 0 Å². The molecule has 0 unspecified atom stereocenters. The second kappa shape index (κ2) is 9.37. The molecule has 1 N–H and O–H groups in total. The molecule has 0 aromatic heterocycles. The van der Waals surface area contributed by atoms with Crippen LogP contribution in [0.25, 0.3) is 0 Å². The highest BCUT2D eigenvalue weighted by atomic mass is 16.3. The normalized spacial score (nSPS) is 12.6. The zero-order valence-corrected chi connectivity index (χ0v) is 8.92. The summed E-state index contributed by atoms with van der Waals surface area (Å²) in [5.74, 6) is 0.550. The largest absolute Gasteiger partial charge is 0.513 e. The number of allylic oxidation sites excluding steroid dienone is 4. The van der Waals surface area contributed by atoms with Gasteiger partial charge < -0.3 is 5.11 Å². The molecular weight excluding hydrogens is 160 g/mol. The quantitative estimate of drug-likeness (QED) is 0.352. The predicted octanol–water partition coefficient (Wildman–Crippen LogP) is 4.36. The first kappa shape index (κ1) is 12.3. The molecule has 0 aliphatic heterocycles. The summed E-state index contributed by atoms with van der Waals surface area (Å²) in [5, 5.41) is 9.40. The van der Waals surface area contributed by atoms with E-state index in [1.165, 1.54) is 12.8 Å². The Hall–Kier alpha value is -0.720. The lowest BCUT2D eigenvalue weighted by atomic mass is 10.2. The highest BCUT2D eigenvalue weighted by Crippen LogP contribution is 2.05. The van der Waals surface area contributed by atoms with Crippen LogP contribution in [0, 0.1) is 0 Å². The smallest absolute Gasteiger partial charge is 0.0885 e. The van der Waals surface area contributed by atoms with Crippen molar-refractivity contribution >= 4 is 0 Å². The SMILES string of the molecule is CCC=CCC/C(O)=C\CCCC. The van der Waals surface area contributed by atoms with E-state index in [4.69, 9.17) is 0 Å². The van der Waals surface area contributed by atoms with Gasteiger partial charge in [0.25, 0.3) is 0 Å². The Balaban J connectivity index is 3.43. The van der Waals surface area contributed by atoms with Crippen LogP contribution in [0.4, 0.5) is 0 Å². The molecule has 0 radical (unpaired) electrons. The third kappa shape index (κ3) is 9.19. The van der Waals surface area contributed by atoms with Gasteiger partial charge in [0, 0.05) is 6.42 Å². The van der Waals surface area contributed by atoms with Crippen molar-refractivity contribution in [1.29, 1.82) is 0 Å². The van der Waals surface area contributed by atoms with Gasteiger partial charge in [-0.25, -0.2) is 0 Å². The number of hydrogen-bond donors (Lipinski definition) is 1. The van der Waals surface area contributed by atoms with Gasteiger partial charge in [-0.05, 0) is 31.8 Å². The molecule has 0 aromatic carbocycles. The van der Waals surface area contributed by atoms with Crippen molar-refractivity contribution in [3.63, 3.8) is 0 Å². The number of aliphatic hydroxyl groups excluding tert-OH is 1. The molecule has 0 heterocycles. The molecule has 0 saturated carbocycles. The second-order valence-corrected chi connectivity index (χ2v) is 3.26. The van der Waals surface area contributed by atoms with Crippen LogP contribution in [0.2, 0.25) is 0 Å². The topological polar surface area (TPSA) is 20.2 Å². The lowest BCUT2D eigenvalue weighted by Gasteiger charge is -1.96. The summed E-state index contributed by atoms with van der Waals surface area (Å²) in [6.07, 6.45) is 12.4. The highest BCUT2D eigenvalue weighted by Gasteiger charge is 1.90. The standard InChI is InChI=1S/C12H22O/c1-3-5-7-9-11-12(13)10-8-6-4-2/h5,7,10,13H,3-4,6,8-9,11H2,1-2H3/b7-5?,12-10+. The summed E-state index contributed by atoms with van der Waals surface area (Å²) in [7, 11) is 0. The van der Waals surface area contributed by atoms with Crippen LogP contribution in [-0.4, -0.2) is 5.11 Å². The minimum absolute atomic E-state index is 0.550. The molecule has 0 aromatic rings. The molecule has 0 atom stereocenters. The van der Waals surface area contributed by atoms with Gasteiger partial charge in [0.15, 0.2) is 0 Å². The first-order valence-electron chi connectivity index (χ1n) is 5.34. The Kier molecular flexibility index (Phi) is 8.85. The van der Waals surface area contributed by atoms with Crippen molar-refractivity contribution in [1.82, 2.24) is 0 Å². The van der Waals surface area contributed by atoms with Crippen molar-refractivity contribution in [2.24, 2.45) is 0 Å². The van der Waals surface area contributed by atoms with Crippen LogP contribution in [-0.2, 0) is 0 Å². The van der Waals surface area contributed by atoms with Gasteiger partial charge in [-0.3, -0.25) is 0 Å². The average Bonchev–Trinajstić information content (AvgIpc) is 2.13. The van der Waals surface area contributed by atoms with E-state index in [0.29, 0.717) is 5.76 Å². The number of rotatable bonds is 7.